The highest BCUT2D eigenvalue weighted by Gasteiger charge is 2.27. The molecule has 5 nitrogen and oxygen atoms in total. The van der Waals surface area contributed by atoms with Gasteiger partial charge in [-0.1, -0.05) is 6.07 Å². The van der Waals surface area contributed by atoms with Crippen LogP contribution >= 0.6 is 0 Å². The van der Waals surface area contributed by atoms with Crippen LogP contribution in [0.4, 0.5) is 5.69 Å². The molecule has 1 aliphatic heterocycles. The van der Waals surface area contributed by atoms with E-state index in [-0.39, 0.29) is 0 Å². The zero-order valence-electron chi connectivity index (χ0n) is 10.6. The normalized spacial score (nSPS) is 17.1. The molecule has 2 aromatic rings. The molecular weight excluding hydrogens is 252 g/mol. The molecular formula is C15H12N4O. The Hall–Kier alpha value is -2.84. The third-order valence-corrected chi connectivity index (χ3v) is 3.15. The number of nitriles is 1. The van der Waals surface area contributed by atoms with E-state index < -0.39 is 6.23 Å². The van der Waals surface area contributed by atoms with Crippen molar-refractivity contribution in [3.05, 3.63) is 59.4 Å². The average Bonchev–Trinajstić information content (AvgIpc) is 2.46. The van der Waals surface area contributed by atoms with Gasteiger partial charge in [-0.3, -0.25) is 10.7 Å². The first kappa shape index (κ1) is 12.2. The Morgan fingerprint density at radius 3 is 2.85 bits per heavy atom. The molecule has 1 aliphatic rings. The van der Waals surface area contributed by atoms with Crippen molar-refractivity contribution in [1.29, 1.82) is 5.26 Å². The zero-order chi connectivity index (χ0) is 14.1. The van der Waals surface area contributed by atoms with E-state index >= 15 is 0 Å². The number of aromatic nitrogens is 1. The summed E-state index contributed by atoms with van der Waals surface area (Å²) in [5, 5.41) is 9.36. The number of nitrogens with two attached hydrogens (primary N) is 2. The fourth-order valence-corrected chi connectivity index (χ4v) is 2.27. The summed E-state index contributed by atoms with van der Waals surface area (Å²) in [6.07, 6.45) is 2.58. The van der Waals surface area contributed by atoms with Gasteiger partial charge in [-0.05, 0) is 18.2 Å². The van der Waals surface area contributed by atoms with Gasteiger partial charge < -0.3 is 10.5 Å². The van der Waals surface area contributed by atoms with Crippen molar-refractivity contribution in [2.45, 2.75) is 6.23 Å². The maximum Gasteiger partial charge on any atom is 0.184 e. The minimum Gasteiger partial charge on any atom is -0.470 e. The smallest absolute Gasteiger partial charge is 0.184 e. The molecule has 0 amide bonds. The second kappa shape index (κ2) is 4.68. The monoisotopic (exact) mass is 264 g/mol. The largest absolute Gasteiger partial charge is 0.470 e. The third kappa shape index (κ3) is 1.88. The van der Waals surface area contributed by atoms with Crippen LogP contribution in [0.5, 0.6) is 5.75 Å². The molecule has 0 saturated carbocycles. The Morgan fingerprint density at radius 1 is 1.30 bits per heavy atom. The van der Waals surface area contributed by atoms with Gasteiger partial charge >= 0.3 is 0 Å². The molecule has 0 unspecified atom stereocenters. The molecule has 3 rings (SSSR count). The Kier molecular flexibility index (Phi) is 2.86. The molecule has 5 heteroatoms. The lowest BCUT2D eigenvalue weighted by molar-refractivity contribution is 0.245. The van der Waals surface area contributed by atoms with Crippen LogP contribution in [0.1, 0.15) is 11.1 Å². The van der Waals surface area contributed by atoms with Crippen LogP contribution in [0.15, 0.2) is 48.3 Å². The lowest BCUT2D eigenvalue weighted by Crippen LogP contribution is -2.33. The average molecular weight is 264 g/mol. The number of rotatable bonds is 1. The first-order valence-corrected chi connectivity index (χ1v) is 6.07. The number of nitrogens with zero attached hydrogens (tertiary/aromatic N) is 2. The van der Waals surface area contributed by atoms with Crippen LogP contribution < -0.4 is 16.2 Å². The second-order valence-corrected chi connectivity index (χ2v) is 4.44. The molecule has 1 aromatic heterocycles. The van der Waals surface area contributed by atoms with Gasteiger partial charge in [0.15, 0.2) is 6.23 Å². The summed E-state index contributed by atoms with van der Waals surface area (Å²) in [6, 6.07) is 11.1. The first-order chi connectivity index (χ1) is 9.70. The molecule has 20 heavy (non-hydrogen) atoms. The molecule has 0 aliphatic carbocycles. The highest BCUT2D eigenvalue weighted by molar-refractivity contribution is 5.88. The Balaban J connectivity index is 2.29. The molecule has 0 bridgehead atoms. The highest BCUT2D eigenvalue weighted by Crippen LogP contribution is 2.39. The maximum absolute atomic E-state index is 9.36. The van der Waals surface area contributed by atoms with E-state index in [2.05, 4.69) is 11.1 Å². The fourth-order valence-electron chi connectivity index (χ4n) is 2.27. The van der Waals surface area contributed by atoms with Crippen LogP contribution in [0, 0.1) is 11.3 Å². The molecule has 0 radical (unpaired) electrons. The number of ether oxygens (including phenoxy) is 1. The quantitative estimate of drug-likeness (QED) is 0.763. The van der Waals surface area contributed by atoms with Crippen LogP contribution in [0.3, 0.4) is 0 Å². The first-order valence-electron chi connectivity index (χ1n) is 6.07. The van der Waals surface area contributed by atoms with E-state index in [0.717, 1.165) is 16.7 Å². The molecule has 1 aromatic carbocycles. The van der Waals surface area contributed by atoms with E-state index in [0.29, 0.717) is 17.0 Å². The van der Waals surface area contributed by atoms with Gasteiger partial charge in [0.05, 0.1) is 5.57 Å². The SMILES string of the molecule is N#CC1=C(c2cccnc2)c2ccc(N)cc2O[C@@H]1N. The molecule has 98 valence electrons. The Labute approximate surface area is 116 Å². The molecule has 1 atom stereocenters. The van der Waals surface area contributed by atoms with Gasteiger partial charge in [0, 0.05) is 40.8 Å². The maximum atomic E-state index is 9.36. The number of fused-ring (bicyclic) bond motifs is 1. The van der Waals surface area contributed by atoms with Crippen molar-refractivity contribution in [3.8, 4) is 11.8 Å². The van der Waals surface area contributed by atoms with Crippen molar-refractivity contribution >= 4 is 11.3 Å². The van der Waals surface area contributed by atoms with E-state index in [4.69, 9.17) is 16.2 Å². The molecule has 4 N–H and O–H groups in total. The number of pyridine rings is 1. The second-order valence-electron chi connectivity index (χ2n) is 4.44. The van der Waals surface area contributed by atoms with Crippen molar-refractivity contribution < 1.29 is 4.74 Å². The van der Waals surface area contributed by atoms with Gasteiger partial charge in [-0.15, -0.1) is 0 Å². The van der Waals surface area contributed by atoms with Gasteiger partial charge in [0.25, 0.3) is 0 Å². The lowest BCUT2D eigenvalue weighted by atomic mass is 9.91. The number of hydrogen-bond donors (Lipinski definition) is 2. The number of hydrogen-bond acceptors (Lipinski definition) is 5. The molecule has 0 fully saturated rings. The lowest BCUT2D eigenvalue weighted by Gasteiger charge is -2.26. The standard InChI is InChI=1S/C15H12N4O/c16-7-12-14(9-2-1-5-19-8-9)11-4-3-10(17)6-13(11)20-15(12)18/h1-6,8,15H,17-18H2/t15-/m0/s1. The fraction of sp³-hybridized carbons (Fsp3) is 0.0667. The van der Waals surface area contributed by atoms with Crippen molar-refractivity contribution in [3.63, 3.8) is 0 Å². The molecule has 0 saturated heterocycles. The van der Waals surface area contributed by atoms with Crippen molar-refractivity contribution in [2.75, 3.05) is 5.73 Å². The molecule has 2 heterocycles. The topological polar surface area (TPSA) is 98.0 Å². The number of benzene rings is 1. The van der Waals surface area contributed by atoms with E-state index in [1.165, 1.54) is 0 Å². The summed E-state index contributed by atoms with van der Waals surface area (Å²) in [7, 11) is 0. The summed E-state index contributed by atoms with van der Waals surface area (Å²) in [6.45, 7) is 0. The Morgan fingerprint density at radius 2 is 2.15 bits per heavy atom. The van der Waals surface area contributed by atoms with Crippen LogP contribution in [0.2, 0.25) is 0 Å². The number of nitrogen functional groups attached to an aromatic ring is 1. The molecule has 0 spiro atoms. The van der Waals surface area contributed by atoms with E-state index in [1.807, 2.05) is 18.2 Å². The van der Waals surface area contributed by atoms with Crippen LogP contribution in [-0.2, 0) is 0 Å². The third-order valence-electron chi connectivity index (χ3n) is 3.15. The van der Waals surface area contributed by atoms with Crippen molar-refractivity contribution in [1.82, 2.24) is 4.98 Å². The van der Waals surface area contributed by atoms with Gasteiger partial charge in [-0.25, -0.2) is 0 Å². The predicted molar refractivity (Wildman–Crippen MR) is 75.3 cm³/mol. The minimum atomic E-state index is -0.801. The summed E-state index contributed by atoms with van der Waals surface area (Å²) in [4.78, 5) is 4.09. The summed E-state index contributed by atoms with van der Waals surface area (Å²) in [5.41, 5.74) is 15.0. The summed E-state index contributed by atoms with van der Waals surface area (Å²) in [5.74, 6) is 0.579. The highest BCUT2D eigenvalue weighted by atomic mass is 16.5. The van der Waals surface area contributed by atoms with E-state index in [9.17, 15) is 5.26 Å². The minimum absolute atomic E-state index is 0.385. The number of anilines is 1. The van der Waals surface area contributed by atoms with E-state index in [1.54, 1.807) is 24.5 Å². The summed E-state index contributed by atoms with van der Waals surface area (Å²) < 4.78 is 5.56. The van der Waals surface area contributed by atoms with Crippen LogP contribution in [0.25, 0.3) is 5.57 Å². The summed E-state index contributed by atoms with van der Waals surface area (Å²) >= 11 is 0. The van der Waals surface area contributed by atoms with Gasteiger partial charge in [-0.2, -0.15) is 5.26 Å². The van der Waals surface area contributed by atoms with Crippen LogP contribution in [-0.4, -0.2) is 11.2 Å². The zero-order valence-corrected chi connectivity index (χ0v) is 10.6. The Bertz CT molecular complexity index is 731. The predicted octanol–water partition coefficient (Wildman–Crippen LogP) is 1.67. The van der Waals surface area contributed by atoms with Crippen molar-refractivity contribution in [2.24, 2.45) is 5.73 Å². The van der Waals surface area contributed by atoms with Gasteiger partial charge in [0.2, 0.25) is 0 Å². The van der Waals surface area contributed by atoms with Gasteiger partial charge in [0.1, 0.15) is 11.8 Å².